The lowest BCUT2D eigenvalue weighted by molar-refractivity contribution is 0.210. The van der Waals surface area contributed by atoms with Gasteiger partial charge in [0, 0.05) is 6.04 Å². The van der Waals surface area contributed by atoms with Crippen LogP contribution in [0.3, 0.4) is 0 Å². The van der Waals surface area contributed by atoms with Gasteiger partial charge in [0.2, 0.25) is 0 Å². The first-order valence-electron chi connectivity index (χ1n) is 7.79. The number of hydrogen-bond acceptors (Lipinski definition) is 2. The fourth-order valence-corrected chi connectivity index (χ4v) is 2.65. The first-order valence-corrected chi connectivity index (χ1v) is 7.79. The molecule has 1 fully saturated rings. The maximum Gasteiger partial charge on any atom is 0.119 e. The molecule has 2 rings (SSSR count). The molecule has 1 saturated carbocycles. The third kappa shape index (κ3) is 4.54. The smallest absolute Gasteiger partial charge is 0.119 e. The van der Waals surface area contributed by atoms with Crippen LogP contribution in [0.25, 0.3) is 0 Å². The van der Waals surface area contributed by atoms with Gasteiger partial charge in [-0.1, -0.05) is 25.5 Å². The maximum absolute atomic E-state index is 5.99. The van der Waals surface area contributed by atoms with Crippen LogP contribution in [-0.2, 0) is 0 Å². The fourth-order valence-electron chi connectivity index (χ4n) is 2.65. The summed E-state index contributed by atoms with van der Waals surface area (Å²) < 4.78 is 5.99. The van der Waals surface area contributed by atoms with Gasteiger partial charge in [-0.3, -0.25) is 0 Å². The van der Waals surface area contributed by atoms with Crippen LogP contribution in [0.4, 0.5) is 0 Å². The summed E-state index contributed by atoms with van der Waals surface area (Å²) in [5, 5.41) is 3.55. The van der Waals surface area contributed by atoms with Crippen LogP contribution >= 0.6 is 0 Å². The first-order chi connectivity index (χ1) is 9.29. The minimum atomic E-state index is 0.423. The van der Waals surface area contributed by atoms with E-state index in [2.05, 4.69) is 43.4 Å². The summed E-state index contributed by atoms with van der Waals surface area (Å²) >= 11 is 0. The van der Waals surface area contributed by atoms with Crippen LogP contribution in [-0.4, -0.2) is 12.6 Å². The van der Waals surface area contributed by atoms with Crippen LogP contribution < -0.4 is 10.1 Å². The Hall–Kier alpha value is -1.02. The normalized spacial score (nSPS) is 17.6. The quantitative estimate of drug-likeness (QED) is 0.732. The van der Waals surface area contributed by atoms with Gasteiger partial charge in [-0.05, 0) is 63.3 Å². The molecule has 0 bridgehead atoms. The molecule has 19 heavy (non-hydrogen) atoms. The summed E-state index contributed by atoms with van der Waals surface area (Å²) in [4.78, 5) is 0. The van der Waals surface area contributed by atoms with Crippen LogP contribution in [0.15, 0.2) is 24.3 Å². The predicted octanol–water partition coefficient (Wildman–Crippen LogP) is 4.46. The van der Waals surface area contributed by atoms with Gasteiger partial charge >= 0.3 is 0 Å². The Bertz CT molecular complexity index is 354. The minimum Gasteiger partial charge on any atom is -0.490 e. The molecule has 0 saturated heterocycles. The predicted molar refractivity (Wildman–Crippen MR) is 80.7 cm³/mol. The van der Waals surface area contributed by atoms with Crippen molar-refractivity contribution in [2.75, 3.05) is 6.54 Å². The van der Waals surface area contributed by atoms with Crippen molar-refractivity contribution in [3.63, 3.8) is 0 Å². The molecule has 0 aliphatic heterocycles. The van der Waals surface area contributed by atoms with Gasteiger partial charge in [0.25, 0.3) is 0 Å². The highest BCUT2D eigenvalue weighted by Crippen LogP contribution is 2.25. The average Bonchev–Trinajstić information content (AvgIpc) is 2.93. The summed E-state index contributed by atoms with van der Waals surface area (Å²) in [7, 11) is 0. The zero-order chi connectivity index (χ0) is 13.5. The number of unbranched alkanes of at least 4 members (excludes halogenated alkanes) is 1. The van der Waals surface area contributed by atoms with Crippen molar-refractivity contribution < 1.29 is 4.74 Å². The monoisotopic (exact) mass is 261 g/mol. The molecule has 1 atom stereocenters. The molecule has 2 nitrogen and oxygen atoms in total. The first kappa shape index (κ1) is 14.4. The second-order valence-electron chi connectivity index (χ2n) is 5.62. The molecule has 1 N–H and O–H groups in total. The molecule has 1 aromatic carbocycles. The van der Waals surface area contributed by atoms with Crippen LogP contribution in [0.5, 0.6) is 5.75 Å². The van der Waals surface area contributed by atoms with Gasteiger partial charge in [0.15, 0.2) is 0 Å². The Morgan fingerprint density at radius 1 is 1.21 bits per heavy atom. The minimum absolute atomic E-state index is 0.423. The molecule has 0 unspecified atom stereocenters. The third-order valence-corrected chi connectivity index (χ3v) is 3.97. The van der Waals surface area contributed by atoms with Gasteiger partial charge in [-0.2, -0.15) is 0 Å². The number of hydrogen-bond donors (Lipinski definition) is 1. The molecular formula is C17H27NO. The van der Waals surface area contributed by atoms with E-state index < -0.39 is 0 Å². The van der Waals surface area contributed by atoms with Crippen LogP contribution in [0, 0.1) is 0 Å². The molecule has 0 aromatic heterocycles. The third-order valence-electron chi connectivity index (χ3n) is 3.97. The highest BCUT2D eigenvalue weighted by molar-refractivity contribution is 5.29. The lowest BCUT2D eigenvalue weighted by Gasteiger charge is -2.16. The van der Waals surface area contributed by atoms with Crippen molar-refractivity contribution in [3.05, 3.63) is 29.8 Å². The highest BCUT2D eigenvalue weighted by Gasteiger charge is 2.16. The van der Waals surface area contributed by atoms with Gasteiger partial charge in [0.05, 0.1) is 6.10 Å². The Labute approximate surface area is 117 Å². The Morgan fingerprint density at radius 2 is 1.89 bits per heavy atom. The van der Waals surface area contributed by atoms with Gasteiger partial charge in [0.1, 0.15) is 5.75 Å². The zero-order valence-electron chi connectivity index (χ0n) is 12.3. The van der Waals surface area contributed by atoms with Gasteiger partial charge < -0.3 is 10.1 Å². The maximum atomic E-state index is 5.99. The molecule has 0 heterocycles. The molecule has 1 aromatic rings. The van der Waals surface area contributed by atoms with E-state index in [1.165, 1.54) is 44.1 Å². The molecule has 106 valence electrons. The van der Waals surface area contributed by atoms with E-state index in [1.54, 1.807) is 0 Å². The molecule has 2 heteroatoms. The average molecular weight is 261 g/mol. The van der Waals surface area contributed by atoms with E-state index in [-0.39, 0.29) is 0 Å². The topological polar surface area (TPSA) is 21.3 Å². The number of ether oxygens (including phenoxy) is 1. The van der Waals surface area contributed by atoms with E-state index in [1.807, 2.05) is 0 Å². The standard InChI is InChI=1S/C17H27NO/c1-3-4-13-18-14(2)15-9-11-17(12-10-15)19-16-7-5-6-8-16/h9-12,14,16,18H,3-8,13H2,1-2H3/t14-/m0/s1. The number of benzene rings is 1. The molecule has 0 amide bonds. The van der Waals surface area contributed by atoms with E-state index in [9.17, 15) is 0 Å². The van der Waals surface area contributed by atoms with E-state index in [4.69, 9.17) is 4.74 Å². The van der Waals surface area contributed by atoms with Crippen molar-refractivity contribution in [1.29, 1.82) is 0 Å². The molecular weight excluding hydrogens is 234 g/mol. The Kier molecular flexibility index (Phi) is 5.71. The lowest BCUT2D eigenvalue weighted by atomic mass is 10.1. The summed E-state index contributed by atoms with van der Waals surface area (Å²) in [6.45, 7) is 5.54. The largest absolute Gasteiger partial charge is 0.490 e. The van der Waals surface area contributed by atoms with Gasteiger partial charge in [-0.25, -0.2) is 0 Å². The zero-order valence-corrected chi connectivity index (χ0v) is 12.3. The second kappa shape index (κ2) is 7.54. The van der Waals surface area contributed by atoms with Crippen LogP contribution in [0.1, 0.15) is 64.0 Å². The summed E-state index contributed by atoms with van der Waals surface area (Å²) in [6.07, 6.45) is 8.02. The van der Waals surface area contributed by atoms with Gasteiger partial charge in [-0.15, -0.1) is 0 Å². The molecule has 0 spiro atoms. The Balaban J connectivity index is 1.82. The lowest BCUT2D eigenvalue weighted by Crippen LogP contribution is -2.19. The van der Waals surface area contributed by atoms with Crippen molar-refractivity contribution >= 4 is 0 Å². The molecule has 0 radical (unpaired) electrons. The molecule has 1 aliphatic rings. The van der Waals surface area contributed by atoms with Crippen molar-refractivity contribution in [3.8, 4) is 5.75 Å². The summed E-state index contributed by atoms with van der Waals surface area (Å²) in [5.74, 6) is 1.02. The SMILES string of the molecule is CCCCN[C@@H](C)c1ccc(OC2CCCC2)cc1. The van der Waals surface area contributed by atoms with E-state index in [0.29, 0.717) is 12.1 Å². The number of nitrogens with one attached hydrogen (secondary N) is 1. The highest BCUT2D eigenvalue weighted by atomic mass is 16.5. The second-order valence-corrected chi connectivity index (χ2v) is 5.62. The fraction of sp³-hybridized carbons (Fsp3) is 0.647. The van der Waals surface area contributed by atoms with Crippen molar-refractivity contribution in [2.45, 2.75) is 64.5 Å². The van der Waals surface area contributed by atoms with E-state index >= 15 is 0 Å². The molecule has 1 aliphatic carbocycles. The van der Waals surface area contributed by atoms with Crippen molar-refractivity contribution in [1.82, 2.24) is 5.32 Å². The summed E-state index contributed by atoms with van der Waals surface area (Å²) in [5.41, 5.74) is 1.34. The van der Waals surface area contributed by atoms with Crippen molar-refractivity contribution in [2.24, 2.45) is 0 Å². The Morgan fingerprint density at radius 3 is 2.53 bits per heavy atom. The number of rotatable bonds is 7. The summed E-state index contributed by atoms with van der Waals surface area (Å²) in [6, 6.07) is 9.03. The van der Waals surface area contributed by atoms with Crippen LogP contribution in [0.2, 0.25) is 0 Å². The van der Waals surface area contributed by atoms with E-state index in [0.717, 1.165) is 12.3 Å².